The molecule has 5 aromatic rings. The lowest BCUT2D eigenvalue weighted by Crippen LogP contribution is -2.48. The van der Waals surface area contributed by atoms with Crippen molar-refractivity contribution in [3.8, 4) is 11.3 Å². The summed E-state index contributed by atoms with van der Waals surface area (Å²) in [4.78, 5) is 27.1. The van der Waals surface area contributed by atoms with Crippen LogP contribution in [0.4, 0.5) is 4.79 Å². The molecule has 1 aliphatic carbocycles. The minimum Gasteiger partial charge on any atom is -0.465 e. The molecule has 1 N–H and O–H groups in total. The highest BCUT2D eigenvalue weighted by Gasteiger charge is 2.48. The van der Waals surface area contributed by atoms with Crippen molar-refractivity contribution in [2.24, 2.45) is 5.41 Å². The fourth-order valence-corrected chi connectivity index (χ4v) is 6.24. The summed E-state index contributed by atoms with van der Waals surface area (Å²) in [5, 5.41) is 15.8. The molecule has 0 spiro atoms. The van der Waals surface area contributed by atoms with Crippen LogP contribution in [0.15, 0.2) is 79.3 Å². The number of carboxylic acid groups (broad SMARTS) is 1. The molecule has 1 fully saturated rings. The van der Waals surface area contributed by atoms with E-state index >= 15 is 0 Å². The molecule has 206 valence electrons. The average molecular weight is 545 g/mol. The molecule has 0 radical (unpaired) electrons. The number of hydrogen-bond donors (Lipinski definition) is 1. The van der Waals surface area contributed by atoms with Crippen molar-refractivity contribution in [2.75, 3.05) is 6.54 Å². The second kappa shape index (κ2) is 9.23. The molecule has 1 unspecified atom stereocenters. The van der Waals surface area contributed by atoms with Gasteiger partial charge in [-0.25, -0.2) is 14.8 Å². The number of benzene rings is 2. The Bertz CT molecular complexity index is 1830. The van der Waals surface area contributed by atoms with Gasteiger partial charge in [-0.15, -0.1) is 0 Å². The average Bonchev–Trinajstić information content (AvgIpc) is 3.68. The number of pyridine rings is 1. The van der Waals surface area contributed by atoms with E-state index in [1.165, 1.54) is 11.1 Å². The van der Waals surface area contributed by atoms with Crippen LogP contribution in [0, 0.1) is 5.41 Å². The number of rotatable bonds is 4. The number of hydrogen-bond acceptors (Lipinski definition) is 5. The summed E-state index contributed by atoms with van der Waals surface area (Å²) in [5.74, 6) is 0.595. The van der Waals surface area contributed by atoms with Crippen LogP contribution >= 0.6 is 0 Å². The number of carbonyl (C=O) groups is 1. The van der Waals surface area contributed by atoms with Gasteiger partial charge in [0.25, 0.3) is 5.78 Å². The molecule has 3 aromatic heterocycles. The standard InChI is InChI=1S/C33H32N6O2/c1-32(2,3)28-18-23(12-16-38(28)31(40)41)21-6-8-22(9-7-21)27-19-35-30-36-20-29(39(30)37-27)33(13-14-33)25-10-11-26-24(17-25)5-4-15-34-26/h4-12,15,17,19-20,28H,13-14,16,18H2,1-3H3,(H,40,41). The molecule has 1 atom stereocenters. The van der Waals surface area contributed by atoms with Crippen molar-refractivity contribution in [3.05, 3.63) is 96.1 Å². The summed E-state index contributed by atoms with van der Waals surface area (Å²) in [7, 11) is 0. The molecule has 1 saturated carbocycles. The summed E-state index contributed by atoms with van der Waals surface area (Å²) in [5.41, 5.74) is 7.06. The van der Waals surface area contributed by atoms with Crippen LogP contribution in [0.3, 0.4) is 0 Å². The molecule has 4 heterocycles. The van der Waals surface area contributed by atoms with E-state index in [2.05, 4.69) is 84.3 Å². The molecule has 7 rings (SSSR count). The van der Waals surface area contributed by atoms with E-state index in [0.717, 1.165) is 46.3 Å². The molecule has 1 aliphatic heterocycles. The predicted octanol–water partition coefficient (Wildman–Crippen LogP) is 6.60. The lowest BCUT2D eigenvalue weighted by atomic mass is 9.79. The maximum atomic E-state index is 11.8. The van der Waals surface area contributed by atoms with E-state index in [-0.39, 0.29) is 16.9 Å². The van der Waals surface area contributed by atoms with Crippen LogP contribution in [0.2, 0.25) is 0 Å². The molecule has 8 heteroatoms. The van der Waals surface area contributed by atoms with Crippen molar-refractivity contribution in [2.45, 2.75) is 51.5 Å². The lowest BCUT2D eigenvalue weighted by molar-refractivity contribution is 0.0884. The Hall–Kier alpha value is -4.59. The van der Waals surface area contributed by atoms with Gasteiger partial charge in [0.1, 0.15) is 5.69 Å². The van der Waals surface area contributed by atoms with Gasteiger partial charge in [0.05, 0.1) is 23.6 Å². The molecular formula is C33H32N6O2. The largest absolute Gasteiger partial charge is 0.465 e. The van der Waals surface area contributed by atoms with Gasteiger partial charge in [0.15, 0.2) is 0 Å². The van der Waals surface area contributed by atoms with Crippen molar-refractivity contribution in [1.82, 2.24) is 29.5 Å². The highest BCUT2D eigenvalue weighted by atomic mass is 16.4. The van der Waals surface area contributed by atoms with Gasteiger partial charge in [-0.05, 0) is 59.6 Å². The van der Waals surface area contributed by atoms with Gasteiger partial charge in [-0.1, -0.05) is 63.2 Å². The summed E-state index contributed by atoms with van der Waals surface area (Å²) in [6.07, 6.45) is 9.46. The first kappa shape index (κ1) is 25.4. The van der Waals surface area contributed by atoms with Gasteiger partial charge in [0.2, 0.25) is 0 Å². The Balaban J connectivity index is 1.19. The second-order valence-corrected chi connectivity index (χ2v) is 12.3. The van der Waals surface area contributed by atoms with Crippen LogP contribution < -0.4 is 0 Å². The number of fused-ring (bicyclic) bond motifs is 2. The molecule has 2 aromatic carbocycles. The van der Waals surface area contributed by atoms with E-state index in [4.69, 9.17) is 5.10 Å². The fourth-order valence-electron chi connectivity index (χ4n) is 6.24. The quantitative estimate of drug-likeness (QED) is 0.274. The maximum absolute atomic E-state index is 11.8. The molecular weight excluding hydrogens is 512 g/mol. The number of imidazole rings is 1. The first-order valence-electron chi connectivity index (χ1n) is 14.1. The van der Waals surface area contributed by atoms with E-state index < -0.39 is 6.09 Å². The van der Waals surface area contributed by atoms with Crippen LogP contribution in [0.25, 0.3) is 33.5 Å². The second-order valence-electron chi connectivity index (χ2n) is 12.3. The van der Waals surface area contributed by atoms with E-state index in [0.29, 0.717) is 18.7 Å². The summed E-state index contributed by atoms with van der Waals surface area (Å²) >= 11 is 0. The topological polar surface area (TPSA) is 96.5 Å². The van der Waals surface area contributed by atoms with Gasteiger partial charge in [-0.2, -0.15) is 9.61 Å². The Kier molecular flexibility index (Phi) is 5.71. The first-order chi connectivity index (χ1) is 19.7. The Labute approximate surface area is 238 Å². The summed E-state index contributed by atoms with van der Waals surface area (Å²) < 4.78 is 1.90. The van der Waals surface area contributed by atoms with Gasteiger partial charge in [-0.3, -0.25) is 4.98 Å². The molecule has 8 nitrogen and oxygen atoms in total. The summed E-state index contributed by atoms with van der Waals surface area (Å²) in [6, 6.07) is 18.9. The van der Waals surface area contributed by atoms with Gasteiger partial charge < -0.3 is 10.0 Å². The van der Waals surface area contributed by atoms with Crippen LogP contribution in [0.5, 0.6) is 0 Å². The summed E-state index contributed by atoms with van der Waals surface area (Å²) in [6.45, 7) is 6.70. The van der Waals surface area contributed by atoms with Crippen LogP contribution in [-0.2, 0) is 5.41 Å². The SMILES string of the molecule is CC(C)(C)C1CC(c2ccc(-c3cnc4ncc(C5(c6ccc7ncccc7c6)CC5)n4n3)cc2)=CCN1C(=O)O. The predicted molar refractivity (Wildman–Crippen MR) is 159 cm³/mol. The Morgan fingerprint density at radius 2 is 1.73 bits per heavy atom. The number of nitrogens with zero attached hydrogens (tertiary/aromatic N) is 6. The third-order valence-corrected chi connectivity index (χ3v) is 8.75. The monoisotopic (exact) mass is 544 g/mol. The molecule has 0 saturated heterocycles. The Morgan fingerprint density at radius 1 is 0.976 bits per heavy atom. The third kappa shape index (κ3) is 4.34. The van der Waals surface area contributed by atoms with E-state index in [1.54, 1.807) is 11.1 Å². The number of amides is 1. The van der Waals surface area contributed by atoms with Crippen molar-refractivity contribution >= 4 is 28.3 Å². The zero-order valence-electron chi connectivity index (χ0n) is 23.5. The molecule has 41 heavy (non-hydrogen) atoms. The zero-order chi connectivity index (χ0) is 28.4. The minimum atomic E-state index is -0.867. The first-order valence-corrected chi connectivity index (χ1v) is 14.1. The Morgan fingerprint density at radius 3 is 2.46 bits per heavy atom. The van der Waals surface area contributed by atoms with Gasteiger partial charge in [0, 0.05) is 35.1 Å². The lowest BCUT2D eigenvalue weighted by Gasteiger charge is -2.41. The minimum absolute atomic E-state index is 0.0822. The van der Waals surface area contributed by atoms with Crippen molar-refractivity contribution < 1.29 is 9.90 Å². The van der Waals surface area contributed by atoms with Gasteiger partial charge >= 0.3 is 6.09 Å². The van der Waals surface area contributed by atoms with Crippen LogP contribution in [-0.4, -0.2) is 53.3 Å². The third-order valence-electron chi connectivity index (χ3n) is 8.75. The normalized spacial score (nSPS) is 18.5. The molecule has 1 amide bonds. The maximum Gasteiger partial charge on any atom is 0.407 e. The highest BCUT2D eigenvalue weighted by Crippen LogP contribution is 2.53. The van der Waals surface area contributed by atoms with Crippen molar-refractivity contribution in [3.63, 3.8) is 0 Å². The number of aromatic nitrogens is 5. The smallest absolute Gasteiger partial charge is 0.407 e. The van der Waals surface area contributed by atoms with E-state index in [9.17, 15) is 9.90 Å². The highest BCUT2D eigenvalue weighted by molar-refractivity contribution is 5.80. The van der Waals surface area contributed by atoms with Crippen molar-refractivity contribution in [1.29, 1.82) is 0 Å². The molecule has 2 aliphatic rings. The fraction of sp³-hybridized carbons (Fsp3) is 0.303. The van der Waals surface area contributed by atoms with E-state index in [1.807, 2.05) is 29.1 Å². The molecule has 0 bridgehead atoms. The zero-order valence-corrected chi connectivity index (χ0v) is 23.5. The van der Waals surface area contributed by atoms with Crippen LogP contribution in [0.1, 0.15) is 56.9 Å².